The average Bonchev–Trinajstić information content (AvgIpc) is 2.59. The molecule has 0 aromatic heterocycles. The number of para-hydroxylation sites is 2. The Kier molecular flexibility index (Phi) is 6.07. The van der Waals surface area contributed by atoms with E-state index in [2.05, 4.69) is 0 Å². The summed E-state index contributed by atoms with van der Waals surface area (Å²) >= 11 is 0. The zero-order valence-corrected chi connectivity index (χ0v) is 15.5. The van der Waals surface area contributed by atoms with Crippen LogP contribution in [0.2, 0.25) is 0 Å². The van der Waals surface area contributed by atoms with E-state index in [0.717, 1.165) is 11.3 Å². The van der Waals surface area contributed by atoms with Crippen LogP contribution >= 0.6 is 0 Å². The third kappa shape index (κ3) is 4.99. The van der Waals surface area contributed by atoms with Crippen molar-refractivity contribution in [1.29, 1.82) is 0 Å². The van der Waals surface area contributed by atoms with E-state index in [1.165, 1.54) is 0 Å². The molecule has 0 saturated carbocycles. The predicted molar refractivity (Wildman–Crippen MR) is 98.3 cm³/mol. The van der Waals surface area contributed by atoms with Crippen LogP contribution in [0.4, 0.5) is 0 Å². The fourth-order valence-corrected chi connectivity index (χ4v) is 2.66. The van der Waals surface area contributed by atoms with Gasteiger partial charge in [-0.25, -0.2) is 0 Å². The monoisotopic (exact) mass is 342 g/mol. The molecule has 2 aromatic carbocycles. The Morgan fingerprint density at radius 2 is 1.64 bits per heavy atom. The Balaban J connectivity index is 2.23. The van der Waals surface area contributed by atoms with Crippen molar-refractivity contribution in [3.8, 4) is 17.2 Å². The summed E-state index contributed by atoms with van der Waals surface area (Å²) < 4.78 is 16.2. The molecule has 0 heterocycles. The fraction of sp³-hybridized carbons (Fsp3) is 0.381. The number of hydrogen-bond donors (Lipinski definition) is 0. The number of carbonyl (C=O) groups excluding carboxylic acids is 1. The van der Waals surface area contributed by atoms with Gasteiger partial charge in [0.15, 0.2) is 11.5 Å². The van der Waals surface area contributed by atoms with E-state index in [-0.39, 0.29) is 17.3 Å². The zero-order chi connectivity index (χ0) is 18.4. The summed E-state index contributed by atoms with van der Waals surface area (Å²) in [6.45, 7) is 6.13. The van der Waals surface area contributed by atoms with Gasteiger partial charge in [0, 0.05) is 0 Å². The molecule has 0 N–H and O–H groups in total. The Bertz CT molecular complexity index is 716. The van der Waals surface area contributed by atoms with Crippen molar-refractivity contribution in [2.75, 3.05) is 14.2 Å². The maximum atomic E-state index is 12.9. The summed E-state index contributed by atoms with van der Waals surface area (Å²) in [6.07, 6.45) is 0.578. The molecule has 25 heavy (non-hydrogen) atoms. The smallest absolute Gasteiger partial charge is 0.315 e. The number of carbonyl (C=O) groups is 1. The van der Waals surface area contributed by atoms with E-state index in [4.69, 9.17) is 14.2 Å². The Morgan fingerprint density at radius 1 is 0.960 bits per heavy atom. The number of rotatable bonds is 6. The van der Waals surface area contributed by atoms with E-state index in [1.807, 2.05) is 57.2 Å². The molecule has 0 spiro atoms. The molecule has 2 rings (SSSR count). The van der Waals surface area contributed by atoms with Gasteiger partial charge in [-0.2, -0.15) is 0 Å². The second-order valence-corrected chi connectivity index (χ2v) is 7.05. The normalized spacial score (nSPS) is 12.4. The van der Waals surface area contributed by atoms with E-state index < -0.39 is 0 Å². The highest BCUT2D eigenvalue weighted by Gasteiger charge is 2.33. The minimum Gasteiger partial charge on any atom is -0.497 e. The highest BCUT2D eigenvalue weighted by atomic mass is 16.6. The van der Waals surface area contributed by atoms with Gasteiger partial charge in [-0.05, 0) is 41.7 Å². The molecule has 0 saturated heterocycles. The van der Waals surface area contributed by atoms with Gasteiger partial charge in [0.05, 0.1) is 20.1 Å². The van der Waals surface area contributed by atoms with E-state index in [9.17, 15) is 4.79 Å². The molecule has 0 amide bonds. The van der Waals surface area contributed by atoms with Crippen molar-refractivity contribution in [1.82, 2.24) is 0 Å². The molecule has 4 nitrogen and oxygen atoms in total. The maximum absolute atomic E-state index is 12.9. The van der Waals surface area contributed by atoms with Gasteiger partial charge in [-0.3, -0.25) is 4.79 Å². The number of hydrogen-bond acceptors (Lipinski definition) is 4. The molecule has 0 aliphatic heterocycles. The van der Waals surface area contributed by atoms with Gasteiger partial charge < -0.3 is 14.2 Å². The van der Waals surface area contributed by atoms with E-state index in [1.54, 1.807) is 26.4 Å². The van der Waals surface area contributed by atoms with Crippen LogP contribution in [0.5, 0.6) is 17.2 Å². The van der Waals surface area contributed by atoms with Gasteiger partial charge in [0.25, 0.3) is 0 Å². The molecule has 0 bridgehead atoms. The lowest BCUT2D eigenvalue weighted by Crippen LogP contribution is -2.33. The van der Waals surface area contributed by atoms with Crippen molar-refractivity contribution in [2.45, 2.75) is 27.2 Å². The van der Waals surface area contributed by atoms with Gasteiger partial charge >= 0.3 is 5.97 Å². The second kappa shape index (κ2) is 8.06. The van der Waals surface area contributed by atoms with Crippen molar-refractivity contribution in [2.24, 2.45) is 11.3 Å². The third-order valence-corrected chi connectivity index (χ3v) is 4.18. The highest BCUT2D eigenvalue weighted by Crippen LogP contribution is 2.33. The summed E-state index contributed by atoms with van der Waals surface area (Å²) in [5.74, 6) is 1.20. The van der Waals surface area contributed by atoms with Crippen LogP contribution in [0, 0.1) is 11.3 Å². The van der Waals surface area contributed by atoms with Crippen LogP contribution in [0.15, 0.2) is 48.5 Å². The van der Waals surface area contributed by atoms with Crippen LogP contribution in [0.3, 0.4) is 0 Å². The molecule has 0 aliphatic carbocycles. The fourth-order valence-electron chi connectivity index (χ4n) is 2.66. The average molecular weight is 342 g/mol. The Hall–Kier alpha value is -2.49. The van der Waals surface area contributed by atoms with E-state index >= 15 is 0 Å². The van der Waals surface area contributed by atoms with Crippen LogP contribution in [0.25, 0.3) is 0 Å². The first-order valence-corrected chi connectivity index (χ1v) is 8.32. The third-order valence-electron chi connectivity index (χ3n) is 4.18. The lowest BCUT2D eigenvalue weighted by Gasteiger charge is -2.29. The van der Waals surface area contributed by atoms with Crippen LogP contribution in [0.1, 0.15) is 26.3 Å². The topological polar surface area (TPSA) is 44.8 Å². The van der Waals surface area contributed by atoms with Gasteiger partial charge in [0.2, 0.25) is 0 Å². The van der Waals surface area contributed by atoms with Crippen LogP contribution in [-0.2, 0) is 11.2 Å². The Labute approximate surface area is 149 Å². The SMILES string of the molecule is COc1cccc(C[C@@H](C(=O)Oc2ccccc2OC)C(C)(C)C)c1. The molecular weight excluding hydrogens is 316 g/mol. The van der Waals surface area contributed by atoms with Crippen LogP contribution in [-0.4, -0.2) is 20.2 Å². The predicted octanol–water partition coefficient (Wildman–Crippen LogP) is 4.51. The molecular formula is C21H26O4. The summed E-state index contributed by atoms with van der Waals surface area (Å²) in [5, 5.41) is 0. The summed E-state index contributed by atoms with van der Waals surface area (Å²) in [5.41, 5.74) is 0.790. The lowest BCUT2D eigenvalue weighted by molar-refractivity contribution is -0.142. The van der Waals surface area contributed by atoms with Gasteiger partial charge in [-0.1, -0.05) is 45.0 Å². The molecule has 134 valence electrons. The lowest BCUT2D eigenvalue weighted by atomic mass is 9.77. The number of methoxy groups -OCH3 is 2. The van der Waals surface area contributed by atoms with Gasteiger partial charge in [-0.15, -0.1) is 0 Å². The standard InChI is InChI=1S/C21H26O4/c1-21(2,3)17(14-15-9-8-10-16(13-15)23-4)20(22)25-19-12-7-6-11-18(19)24-5/h6-13,17H,14H2,1-5H3/t17-/m0/s1. The molecule has 1 atom stereocenters. The quantitative estimate of drug-likeness (QED) is 0.572. The largest absolute Gasteiger partial charge is 0.497 e. The van der Waals surface area contributed by atoms with Crippen molar-refractivity contribution < 1.29 is 19.0 Å². The van der Waals surface area contributed by atoms with E-state index in [0.29, 0.717) is 17.9 Å². The summed E-state index contributed by atoms with van der Waals surface area (Å²) in [6, 6.07) is 14.9. The number of benzene rings is 2. The molecule has 0 unspecified atom stereocenters. The Morgan fingerprint density at radius 3 is 2.24 bits per heavy atom. The first-order chi connectivity index (χ1) is 11.8. The zero-order valence-electron chi connectivity index (χ0n) is 15.5. The first kappa shape index (κ1) is 18.8. The number of esters is 1. The molecule has 4 heteroatoms. The maximum Gasteiger partial charge on any atom is 0.315 e. The first-order valence-electron chi connectivity index (χ1n) is 8.32. The minimum atomic E-state index is -0.301. The minimum absolute atomic E-state index is 0.248. The highest BCUT2D eigenvalue weighted by molar-refractivity contribution is 5.77. The number of ether oxygens (including phenoxy) is 3. The van der Waals surface area contributed by atoms with Crippen LogP contribution < -0.4 is 14.2 Å². The summed E-state index contributed by atoms with van der Waals surface area (Å²) in [4.78, 5) is 12.9. The van der Waals surface area contributed by atoms with Gasteiger partial charge in [0.1, 0.15) is 5.75 Å². The molecule has 0 radical (unpaired) electrons. The van der Waals surface area contributed by atoms with Crippen molar-refractivity contribution in [3.05, 3.63) is 54.1 Å². The summed E-state index contributed by atoms with van der Waals surface area (Å²) in [7, 11) is 3.19. The van der Waals surface area contributed by atoms with Crippen molar-refractivity contribution in [3.63, 3.8) is 0 Å². The second-order valence-electron chi connectivity index (χ2n) is 7.05. The molecule has 0 fully saturated rings. The molecule has 0 aliphatic rings. The molecule has 2 aromatic rings. The van der Waals surface area contributed by atoms with Crippen molar-refractivity contribution >= 4 is 5.97 Å².